The largest absolute Gasteiger partial charge is 0.494 e. The Kier molecular flexibility index (Phi) is 11.4. The van der Waals surface area contributed by atoms with Gasteiger partial charge < -0.3 is 15.0 Å². The lowest BCUT2D eigenvalue weighted by atomic mass is 9.94. The molecule has 0 aliphatic heterocycles. The number of rotatable bonds is 13. The number of unbranched alkanes of at least 4 members (excludes halogenated alkanes) is 3. The van der Waals surface area contributed by atoms with Crippen LogP contribution in [0.5, 0.6) is 5.75 Å². The van der Waals surface area contributed by atoms with Crippen LogP contribution in [0.15, 0.2) is 54.6 Å². The van der Waals surface area contributed by atoms with Gasteiger partial charge >= 0.3 is 0 Å². The summed E-state index contributed by atoms with van der Waals surface area (Å²) in [6, 6.07) is 16.7. The average Bonchev–Trinajstić information content (AvgIpc) is 2.89. The van der Waals surface area contributed by atoms with Gasteiger partial charge in [-0.2, -0.15) is 0 Å². The number of alkyl halides is 1. The minimum absolute atomic E-state index is 0.147. The van der Waals surface area contributed by atoms with Crippen LogP contribution in [0.1, 0.15) is 81.9 Å². The summed E-state index contributed by atoms with van der Waals surface area (Å²) in [4.78, 5) is 28.3. The molecule has 5 nitrogen and oxygen atoms in total. The van der Waals surface area contributed by atoms with Gasteiger partial charge in [-0.25, -0.2) is 0 Å². The summed E-state index contributed by atoms with van der Waals surface area (Å²) in [7, 11) is 0. The van der Waals surface area contributed by atoms with Crippen LogP contribution in [-0.2, 0) is 16.1 Å². The molecule has 3 rings (SSSR count). The molecule has 0 heterocycles. The Morgan fingerprint density at radius 2 is 1.71 bits per heavy atom. The van der Waals surface area contributed by atoms with Crippen LogP contribution in [0.3, 0.4) is 0 Å². The Morgan fingerprint density at radius 1 is 1.00 bits per heavy atom. The summed E-state index contributed by atoms with van der Waals surface area (Å²) in [5.41, 5.74) is 1.71. The normalized spacial score (nSPS) is 14.8. The molecule has 0 aromatic heterocycles. The Hall–Kier alpha value is -2.53. The van der Waals surface area contributed by atoms with Gasteiger partial charge in [0.05, 0.1) is 6.61 Å². The van der Waals surface area contributed by atoms with Crippen molar-refractivity contribution in [2.45, 2.75) is 83.3 Å². The van der Waals surface area contributed by atoms with Crippen molar-refractivity contribution >= 4 is 23.4 Å². The summed E-state index contributed by atoms with van der Waals surface area (Å²) >= 11 is 6.02. The van der Waals surface area contributed by atoms with E-state index in [0.717, 1.165) is 55.4 Å². The molecule has 2 aromatic carbocycles. The topological polar surface area (TPSA) is 58.6 Å². The van der Waals surface area contributed by atoms with Crippen molar-refractivity contribution in [3.8, 4) is 5.75 Å². The molecule has 0 spiro atoms. The SMILES string of the molecule is CCCCCCOc1ccc(C(C(=O)NC2CCCCC2)N(Cc2ccccc2)C(=O)CCl)cc1. The number of nitrogens with one attached hydrogen (secondary N) is 1. The summed E-state index contributed by atoms with van der Waals surface area (Å²) in [6.07, 6.45) is 10.00. The lowest BCUT2D eigenvalue weighted by Crippen LogP contribution is -2.47. The van der Waals surface area contributed by atoms with Crippen LogP contribution in [-0.4, -0.2) is 35.2 Å². The van der Waals surface area contributed by atoms with E-state index >= 15 is 0 Å². The third kappa shape index (κ3) is 8.57. The van der Waals surface area contributed by atoms with Gasteiger partial charge in [0, 0.05) is 12.6 Å². The fourth-order valence-electron chi connectivity index (χ4n) is 4.65. The van der Waals surface area contributed by atoms with Gasteiger partial charge in [0.15, 0.2) is 0 Å². The van der Waals surface area contributed by atoms with E-state index in [1.165, 1.54) is 19.3 Å². The first kappa shape index (κ1) is 27.1. The van der Waals surface area contributed by atoms with E-state index in [2.05, 4.69) is 12.2 Å². The number of carbonyl (C=O) groups is 2. The number of nitrogens with zero attached hydrogens (tertiary/aromatic N) is 1. The second-order valence-electron chi connectivity index (χ2n) is 9.37. The zero-order valence-electron chi connectivity index (χ0n) is 20.9. The maximum absolute atomic E-state index is 13.6. The summed E-state index contributed by atoms with van der Waals surface area (Å²) in [5, 5.41) is 3.22. The van der Waals surface area contributed by atoms with E-state index in [1.54, 1.807) is 4.90 Å². The zero-order valence-corrected chi connectivity index (χ0v) is 21.6. The number of hydrogen-bond acceptors (Lipinski definition) is 3. The van der Waals surface area contributed by atoms with Crippen molar-refractivity contribution in [1.82, 2.24) is 10.2 Å². The number of ether oxygens (including phenoxy) is 1. The molecule has 1 atom stereocenters. The van der Waals surface area contributed by atoms with Gasteiger partial charge in [-0.3, -0.25) is 9.59 Å². The molecule has 190 valence electrons. The van der Waals surface area contributed by atoms with Gasteiger partial charge in [0.25, 0.3) is 0 Å². The molecule has 1 aliphatic carbocycles. The highest BCUT2D eigenvalue weighted by molar-refractivity contribution is 6.27. The van der Waals surface area contributed by atoms with E-state index in [9.17, 15) is 9.59 Å². The summed E-state index contributed by atoms with van der Waals surface area (Å²) in [6.45, 7) is 3.18. The van der Waals surface area contributed by atoms with Crippen LogP contribution in [0, 0.1) is 0 Å². The number of hydrogen-bond donors (Lipinski definition) is 1. The summed E-state index contributed by atoms with van der Waals surface area (Å²) < 4.78 is 5.89. The van der Waals surface area contributed by atoms with E-state index in [4.69, 9.17) is 16.3 Å². The third-order valence-corrected chi connectivity index (χ3v) is 6.83. The Balaban J connectivity index is 1.81. The quantitative estimate of drug-likeness (QED) is 0.256. The second kappa shape index (κ2) is 14.8. The molecular formula is C29H39ClN2O3. The first-order valence-electron chi connectivity index (χ1n) is 13.0. The Labute approximate surface area is 215 Å². The average molecular weight is 499 g/mol. The van der Waals surface area contributed by atoms with E-state index in [0.29, 0.717) is 13.2 Å². The molecule has 2 amide bonds. The molecule has 2 aromatic rings. The molecule has 1 saturated carbocycles. The van der Waals surface area contributed by atoms with Crippen molar-refractivity contribution in [3.63, 3.8) is 0 Å². The highest BCUT2D eigenvalue weighted by atomic mass is 35.5. The highest BCUT2D eigenvalue weighted by Crippen LogP contribution is 2.27. The molecule has 1 aliphatic rings. The van der Waals surface area contributed by atoms with Gasteiger partial charge in [-0.1, -0.05) is 87.9 Å². The van der Waals surface area contributed by atoms with Crippen LogP contribution in [0.2, 0.25) is 0 Å². The highest BCUT2D eigenvalue weighted by Gasteiger charge is 2.32. The monoisotopic (exact) mass is 498 g/mol. The molecule has 0 radical (unpaired) electrons. The molecule has 1 fully saturated rings. The molecule has 35 heavy (non-hydrogen) atoms. The van der Waals surface area contributed by atoms with Crippen molar-refractivity contribution in [1.29, 1.82) is 0 Å². The molecule has 0 saturated heterocycles. The number of amides is 2. The smallest absolute Gasteiger partial charge is 0.247 e. The maximum Gasteiger partial charge on any atom is 0.247 e. The zero-order chi connectivity index (χ0) is 24.9. The number of benzene rings is 2. The van der Waals surface area contributed by atoms with Crippen molar-refractivity contribution in [2.75, 3.05) is 12.5 Å². The van der Waals surface area contributed by atoms with Gasteiger partial charge in [0.1, 0.15) is 17.7 Å². The van der Waals surface area contributed by atoms with Crippen LogP contribution >= 0.6 is 11.6 Å². The van der Waals surface area contributed by atoms with Crippen molar-refractivity contribution < 1.29 is 14.3 Å². The minimum Gasteiger partial charge on any atom is -0.494 e. The minimum atomic E-state index is -0.762. The number of halogens is 1. The lowest BCUT2D eigenvalue weighted by molar-refractivity contribution is -0.140. The van der Waals surface area contributed by atoms with Crippen LogP contribution < -0.4 is 10.1 Å². The van der Waals surface area contributed by atoms with Gasteiger partial charge in [0.2, 0.25) is 11.8 Å². The van der Waals surface area contributed by atoms with Crippen LogP contribution in [0.25, 0.3) is 0 Å². The predicted molar refractivity (Wildman–Crippen MR) is 142 cm³/mol. The van der Waals surface area contributed by atoms with Gasteiger partial charge in [-0.15, -0.1) is 11.6 Å². The molecule has 0 bridgehead atoms. The molecular weight excluding hydrogens is 460 g/mol. The molecule has 6 heteroatoms. The third-order valence-electron chi connectivity index (χ3n) is 6.60. The fourth-order valence-corrected chi connectivity index (χ4v) is 4.80. The number of carbonyl (C=O) groups excluding carboxylic acids is 2. The summed E-state index contributed by atoms with van der Waals surface area (Å²) in [5.74, 6) is 0.170. The van der Waals surface area contributed by atoms with Gasteiger partial charge in [-0.05, 0) is 42.5 Å². The predicted octanol–water partition coefficient (Wildman–Crippen LogP) is 6.40. The van der Waals surface area contributed by atoms with E-state index in [1.807, 2.05) is 54.6 Å². The first-order chi connectivity index (χ1) is 17.1. The second-order valence-corrected chi connectivity index (χ2v) is 9.63. The lowest BCUT2D eigenvalue weighted by Gasteiger charge is -2.33. The molecule has 1 N–H and O–H groups in total. The van der Waals surface area contributed by atoms with E-state index < -0.39 is 6.04 Å². The Bertz CT molecular complexity index is 898. The first-order valence-corrected chi connectivity index (χ1v) is 13.6. The van der Waals surface area contributed by atoms with Crippen molar-refractivity contribution in [2.24, 2.45) is 0 Å². The van der Waals surface area contributed by atoms with E-state index in [-0.39, 0.29) is 23.7 Å². The maximum atomic E-state index is 13.6. The van der Waals surface area contributed by atoms with Crippen LogP contribution in [0.4, 0.5) is 0 Å². The Morgan fingerprint density at radius 3 is 2.37 bits per heavy atom. The fraction of sp³-hybridized carbons (Fsp3) is 0.517. The standard InChI is InChI=1S/C29H39ClN2O3/c1-2-3-4-11-20-35-26-18-16-24(17-19-26)28(29(34)31-25-14-9-6-10-15-25)32(27(33)21-30)22-23-12-7-5-8-13-23/h5,7-8,12-13,16-19,25,28H,2-4,6,9-11,14-15,20-22H2,1H3,(H,31,34). The molecule has 1 unspecified atom stereocenters. The van der Waals surface area contributed by atoms with Crippen molar-refractivity contribution in [3.05, 3.63) is 65.7 Å².